The van der Waals surface area contributed by atoms with Crippen LogP contribution in [0.2, 0.25) is 0 Å². The number of ether oxygens (including phenoxy) is 2. The number of likely N-dealkylation sites (tertiary alicyclic amines) is 2. The van der Waals surface area contributed by atoms with Crippen LogP contribution < -0.4 is 25.2 Å². The van der Waals surface area contributed by atoms with Gasteiger partial charge in [-0.05, 0) is 78.9 Å². The summed E-state index contributed by atoms with van der Waals surface area (Å²) in [6, 6.07) is 8.28. The van der Waals surface area contributed by atoms with Gasteiger partial charge in [0.25, 0.3) is 11.5 Å². The number of imide groups is 1. The Morgan fingerprint density at radius 2 is 1.75 bits per heavy atom. The minimum Gasteiger partial charge on any atom is -0.495 e. The Hall–Kier alpha value is -5.44. The number of halogens is 3. The number of fused-ring (bicyclic) bond motifs is 1. The van der Waals surface area contributed by atoms with Gasteiger partial charge in [0.05, 0.1) is 18.2 Å². The van der Waals surface area contributed by atoms with E-state index in [2.05, 4.69) is 10.3 Å². The summed E-state index contributed by atoms with van der Waals surface area (Å²) in [4.78, 5) is 59.9. The highest BCUT2D eigenvalue weighted by atomic mass is 19.1. The maximum absolute atomic E-state index is 15.6. The number of urea groups is 1. The Morgan fingerprint density at radius 1 is 0.982 bits per heavy atom. The standard InChI is InChI=1S/C41H45F3N6O6/c1-3-4-13-49-23-30(28-7-12-45-21-29(28)40(49)53)27-18-31(42)38(32(43)19-27)56-35-10-14-47(24-33(35)44)22-25-8-15-48(16-9-25)39(52)26-5-6-36(55-2)34(20-26)50-17-11-37(51)46-41(50)54/h5-7,12,18-21,23,25,33,35H,3-4,8-11,13-17,22,24H2,1-2H3,(H,46,51,54)/t33-,35?/m1/s1. The average Bonchev–Trinajstić information content (AvgIpc) is 3.19. The Bertz CT molecular complexity index is 2170. The van der Waals surface area contributed by atoms with Gasteiger partial charge in [0.15, 0.2) is 17.4 Å². The Balaban J connectivity index is 0.945. The number of benzene rings is 2. The van der Waals surface area contributed by atoms with E-state index in [1.807, 2.05) is 11.8 Å². The molecule has 0 bridgehead atoms. The van der Waals surface area contributed by atoms with Crippen LogP contribution in [0.4, 0.5) is 23.7 Å². The van der Waals surface area contributed by atoms with E-state index in [1.165, 1.54) is 29.0 Å². The average molecular weight is 775 g/mol. The van der Waals surface area contributed by atoms with E-state index in [1.54, 1.807) is 35.4 Å². The van der Waals surface area contributed by atoms with Crippen molar-refractivity contribution in [2.45, 2.75) is 64.3 Å². The predicted octanol–water partition coefficient (Wildman–Crippen LogP) is 5.94. The number of amides is 4. The van der Waals surface area contributed by atoms with Gasteiger partial charge in [0, 0.05) is 82.0 Å². The van der Waals surface area contributed by atoms with Crippen LogP contribution in [0.5, 0.6) is 11.5 Å². The molecule has 15 heteroatoms. The molecule has 2 aromatic carbocycles. The summed E-state index contributed by atoms with van der Waals surface area (Å²) >= 11 is 0. The van der Waals surface area contributed by atoms with Crippen LogP contribution in [0, 0.1) is 17.6 Å². The lowest BCUT2D eigenvalue weighted by Crippen LogP contribution is -2.50. The molecule has 296 valence electrons. The first-order valence-electron chi connectivity index (χ1n) is 19.1. The molecule has 4 amide bonds. The Morgan fingerprint density at radius 3 is 2.45 bits per heavy atom. The lowest BCUT2D eigenvalue weighted by molar-refractivity contribution is -0.120. The van der Waals surface area contributed by atoms with E-state index in [-0.39, 0.29) is 54.8 Å². The zero-order valence-corrected chi connectivity index (χ0v) is 31.4. The van der Waals surface area contributed by atoms with Gasteiger partial charge in [0.1, 0.15) is 18.0 Å². The van der Waals surface area contributed by atoms with Gasteiger partial charge in [-0.3, -0.25) is 34.5 Å². The molecule has 0 spiro atoms. The molecule has 0 aliphatic carbocycles. The first-order chi connectivity index (χ1) is 27.0. The van der Waals surface area contributed by atoms with Crippen molar-refractivity contribution in [1.82, 2.24) is 24.7 Å². The van der Waals surface area contributed by atoms with Gasteiger partial charge < -0.3 is 18.9 Å². The molecule has 7 rings (SSSR count). The number of unbranched alkanes of at least 4 members (excludes halogenated alkanes) is 1. The molecule has 3 aliphatic heterocycles. The topological polar surface area (TPSA) is 126 Å². The smallest absolute Gasteiger partial charge is 0.328 e. The van der Waals surface area contributed by atoms with E-state index >= 15 is 13.2 Å². The van der Waals surface area contributed by atoms with Crippen LogP contribution in [0.3, 0.4) is 0 Å². The van der Waals surface area contributed by atoms with Gasteiger partial charge in [-0.1, -0.05) is 13.3 Å². The van der Waals surface area contributed by atoms with Crippen LogP contribution in [0.25, 0.3) is 21.9 Å². The Kier molecular flexibility index (Phi) is 11.6. The van der Waals surface area contributed by atoms with Crippen molar-refractivity contribution in [1.29, 1.82) is 0 Å². The quantitative estimate of drug-likeness (QED) is 0.199. The first kappa shape index (κ1) is 38.8. The molecule has 4 aromatic rings. The number of nitrogens with zero attached hydrogens (tertiary/aromatic N) is 5. The fraction of sp³-hybridized carbons (Fsp3) is 0.439. The number of pyridine rings is 2. The van der Waals surface area contributed by atoms with Crippen LogP contribution in [0.1, 0.15) is 55.8 Å². The SMILES string of the molecule is CCCCn1cc(-c2cc(F)c(OC3CCN(CC4CCN(C(=O)c5ccc(OC)c(N6CCC(=O)NC6=O)c5)CC4)C[C@H]3F)c(F)c2)c2ccncc2c1=O. The van der Waals surface area contributed by atoms with Gasteiger partial charge in [0.2, 0.25) is 5.91 Å². The number of hydrogen-bond donors (Lipinski definition) is 1. The lowest BCUT2D eigenvalue weighted by Gasteiger charge is -2.39. The second-order valence-corrected chi connectivity index (χ2v) is 14.7. The largest absolute Gasteiger partial charge is 0.495 e. The van der Waals surface area contributed by atoms with Crippen molar-refractivity contribution < 1.29 is 37.0 Å². The Labute approximate surface area is 322 Å². The molecule has 12 nitrogen and oxygen atoms in total. The van der Waals surface area contributed by atoms with E-state index in [4.69, 9.17) is 9.47 Å². The maximum atomic E-state index is 15.6. The van der Waals surface area contributed by atoms with E-state index in [0.29, 0.717) is 78.9 Å². The highest BCUT2D eigenvalue weighted by molar-refractivity contribution is 6.07. The number of aromatic nitrogens is 2. The third-order valence-corrected chi connectivity index (χ3v) is 11.0. The number of carbonyl (C=O) groups is 3. The van der Waals surface area contributed by atoms with Crippen molar-refractivity contribution in [3.8, 4) is 22.6 Å². The van der Waals surface area contributed by atoms with Gasteiger partial charge in [-0.15, -0.1) is 0 Å². The van der Waals surface area contributed by atoms with Gasteiger partial charge >= 0.3 is 6.03 Å². The van der Waals surface area contributed by atoms with Crippen LogP contribution in [0.15, 0.2) is 59.8 Å². The van der Waals surface area contributed by atoms with Crippen LogP contribution >= 0.6 is 0 Å². The molecule has 1 unspecified atom stereocenters. The molecule has 56 heavy (non-hydrogen) atoms. The minimum absolute atomic E-state index is 0.0504. The third kappa shape index (κ3) is 8.08. The number of piperidine rings is 2. The van der Waals surface area contributed by atoms with Crippen molar-refractivity contribution in [2.75, 3.05) is 51.3 Å². The van der Waals surface area contributed by atoms with Crippen LogP contribution in [-0.2, 0) is 11.3 Å². The number of hydrogen-bond acceptors (Lipinski definition) is 8. The molecular weight excluding hydrogens is 729 g/mol. The summed E-state index contributed by atoms with van der Waals surface area (Å²) in [5.41, 5.74) is 1.29. The zero-order valence-electron chi connectivity index (χ0n) is 31.4. The van der Waals surface area contributed by atoms with E-state index < -0.39 is 35.7 Å². The summed E-state index contributed by atoms with van der Waals surface area (Å²) in [6.45, 7) is 4.79. The maximum Gasteiger partial charge on any atom is 0.328 e. The summed E-state index contributed by atoms with van der Waals surface area (Å²) < 4.78 is 59.4. The monoisotopic (exact) mass is 774 g/mol. The summed E-state index contributed by atoms with van der Waals surface area (Å²) in [5, 5.41) is 3.16. The van der Waals surface area contributed by atoms with Crippen molar-refractivity contribution in [3.05, 3.63) is 82.5 Å². The molecule has 5 heterocycles. The number of rotatable bonds is 11. The minimum atomic E-state index is -1.48. The van der Waals surface area contributed by atoms with Crippen LogP contribution in [-0.4, -0.2) is 95.9 Å². The van der Waals surface area contributed by atoms with Gasteiger partial charge in [-0.2, -0.15) is 0 Å². The predicted molar refractivity (Wildman–Crippen MR) is 204 cm³/mol. The first-order valence-corrected chi connectivity index (χ1v) is 19.1. The summed E-state index contributed by atoms with van der Waals surface area (Å²) in [7, 11) is 1.47. The third-order valence-electron chi connectivity index (χ3n) is 11.0. The number of methoxy groups -OCH3 is 1. The van der Waals surface area contributed by atoms with Crippen molar-refractivity contribution in [3.63, 3.8) is 0 Å². The molecule has 2 atom stereocenters. The molecule has 3 aliphatic rings. The molecule has 0 saturated carbocycles. The molecule has 3 saturated heterocycles. The molecule has 3 fully saturated rings. The van der Waals surface area contributed by atoms with E-state index in [9.17, 15) is 19.2 Å². The summed E-state index contributed by atoms with van der Waals surface area (Å²) in [5.74, 6) is -2.46. The number of nitrogens with one attached hydrogen (secondary N) is 1. The summed E-state index contributed by atoms with van der Waals surface area (Å²) in [6.07, 6.45) is 5.50. The number of alkyl halides is 1. The molecule has 2 aromatic heterocycles. The number of anilines is 1. The highest BCUT2D eigenvalue weighted by Gasteiger charge is 2.35. The normalized spacial score (nSPS) is 19.7. The van der Waals surface area contributed by atoms with Crippen molar-refractivity contribution in [2.24, 2.45) is 5.92 Å². The molecule has 0 radical (unpaired) electrons. The number of aryl methyl sites for hydroxylation is 1. The highest BCUT2D eigenvalue weighted by Crippen LogP contribution is 2.35. The molecule has 1 N–H and O–H groups in total. The van der Waals surface area contributed by atoms with Gasteiger partial charge in [-0.25, -0.2) is 18.0 Å². The fourth-order valence-electron chi connectivity index (χ4n) is 7.88. The van der Waals surface area contributed by atoms with Crippen molar-refractivity contribution >= 4 is 34.3 Å². The number of carbonyl (C=O) groups excluding carboxylic acids is 3. The second kappa shape index (κ2) is 16.7. The molecular formula is C41H45F3N6O6. The van der Waals surface area contributed by atoms with E-state index in [0.717, 1.165) is 25.0 Å². The fourth-order valence-corrected chi connectivity index (χ4v) is 7.88. The zero-order chi connectivity index (χ0) is 39.5. The lowest BCUT2D eigenvalue weighted by atomic mass is 9.94. The second-order valence-electron chi connectivity index (χ2n) is 14.7.